The smallest absolute Gasteiger partial charge is 0.126 e. The van der Waals surface area contributed by atoms with E-state index >= 15 is 0 Å². The van der Waals surface area contributed by atoms with Crippen molar-refractivity contribution in [3.8, 4) is 0 Å². The summed E-state index contributed by atoms with van der Waals surface area (Å²) < 4.78 is 0. The van der Waals surface area contributed by atoms with Gasteiger partial charge in [0.15, 0.2) is 0 Å². The van der Waals surface area contributed by atoms with E-state index in [1.165, 1.54) is 0 Å². The SMILES string of the molecule is [N-]=[N+]=Nc1ccc(CCO)cn1. The molecule has 0 aromatic carbocycles. The van der Waals surface area contributed by atoms with E-state index in [9.17, 15) is 0 Å². The molecule has 0 saturated carbocycles. The second-order valence-corrected chi connectivity index (χ2v) is 2.19. The molecule has 0 bridgehead atoms. The Bertz CT molecular complexity index is 289. The third kappa shape index (κ3) is 2.23. The fourth-order valence-corrected chi connectivity index (χ4v) is 0.799. The Morgan fingerprint density at radius 3 is 2.92 bits per heavy atom. The van der Waals surface area contributed by atoms with Crippen molar-refractivity contribution in [1.29, 1.82) is 0 Å². The minimum Gasteiger partial charge on any atom is -0.396 e. The number of hydrogen-bond acceptors (Lipinski definition) is 3. The van der Waals surface area contributed by atoms with Gasteiger partial charge in [0.25, 0.3) is 0 Å². The summed E-state index contributed by atoms with van der Waals surface area (Å²) in [6, 6.07) is 3.39. The van der Waals surface area contributed by atoms with Gasteiger partial charge in [-0.25, -0.2) is 0 Å². The highest BCUT2D eigenvalue weighted by Gasteiger charge is 1.92. The lowest BCUT2D eigenvalue weighted by atomic mass is 10.2. The van der Waals surface area contributed by atoms with Crippen molar-refractivity contribution < 1.29 is 5.11 Å². The summed E-state index contributed by atoms with van der Waals surface area (Å²) >= 11 is 0. The molecule has 0 fully saturated rings. The molecule has 1 heterocycles. The molecule has 0 unspecified atom stereocenters. The normalized spacial score (nSPS) is 9.08. The van der Waals surface area contributed by atoms with Gasteiger partial charge in [-0.15, -0.1) is 0 Å². The first-order valence-corrected chi connectivity index (χ1v) is 3.47. The summed E-state index contributed by atoms with van der Waals surface area (Å²) in [5, 5.41) is 11.9. The van der Waals surface area contributed by atoms with Crippen LogP contribution in [0.1, 0.15) is 5.56 Å². The van der Waals surface area contributed by atoms with Gasteiger partial charge in [0.1, 0.15) is 5.82 Å². The summed E-state index contributed by atoms with van der Waals surface area (Å²) in [5.74, 6) is 0.346. The number of aliphatic hydroxyl groups excluding tert-OH is 1. The van der Waals surface area contributed by atoms with Crippen LogP contribution < -0.4 is 0 Å². The van der Waals surface area contributed by atoms with Gasteiger partial charge in [-0.05, 0) is 28.7 Å². The molecule has 1 rings (SSSR count). The number of hydrogen-bond donors (Lipinski definition) is 1. The van der Waals surface area contributed by atoms with Crippen LogP contribution in [0.4, 0.5) is 5.82 Å². The fourth-order valence-electron chi connectivity index (χ4n) is 0.799. The van der Waals surface area contributed by atoms with Crippen LogP contribution in [0.3, 0.4) is 0 Å². The monoisotopic (exact) mass is 164 g/mol. The minimum absolute atomic E-state index is 0.0997. The van der Waals surface area contributed by atoms with Gasteiger partial charge in [-0.3, -0.25) is 4.98 Å². The first-order chi connectivity index (χ1) is 5.86. The molecule has 0 amide bonds. The quantitative estimate of drug-likeness (QED) is 0.417. The van der Waals surface area contributed by atoms with Gasteiger partial charge < -0.3 is 5.11 Å². The third-order valence-electron chi connectivity index (χ3n) is 1.36. The van der Waals surface area contributed by atoms with Crippen molar-refractivity contribution >= 4 is 5.82 Å². The Balaban J connectivity index is 2.77. The lowest BCUT2D eigenvalue weighted by Gasteiger charge is -1.96. The number of aliphatic hydroxyl groups is 1. The predicted octanol–water partition coefficient (Wildman–Crippen LogP) is 1.56. The van der Waals surface area contributed by atoms with Gasteiger partial charge in [0.05, 0.1) is 0 Å². The largest absolute Gasteiger partial charge is 0.396 e. The third-order valence-corrected chi connectivity index (χ3v) is 1.36. The number of aromatic nitrogens is 1. The van der Waals surface area contributed by atoms with Crippen molar-refractivity contribution in [1.82, 2.24) is 4.98 Å². The molecule has 0 atom stereocenters. The highest BCUT2D eigenvalue weighted by atomic mass is 16.2. The molecule has 5 nitrogen and oxygen atoms in total. The molecule has 0 saturated heterocycles. The molecule has 0 aliphatic heterocycles. The summed E-state index contributed by atoms with van der Waals surface area (Å²) in [5.41, 5.74) is 9.00. The van der Waals surface area contributed by atoms with E-state index in [-0.39, 0.29) is 6.61 Å². The van der Waals surface area contributed by atoms with E-state index in [1.807, 2.05) is 0 Å². The van der Waals surface area contributed by atoms with Crippen LogP contribution >= 0.6 is 0 Å². The summed E-state index contributed by atoms with van der Waals surface area (Å²) in [6.07, 6.45) is 2.16. The molecule has 0 aliphatic rings. The van der Waals surface area contributed by atoms with E-state index in [0.29, 0.717) is 12.2 Å². The zero-order valence-corrected chi connectivity index (χ0v) is 6.38. The second kappa shape index (κ2) is 4.33. The summed E-state index contributed by atoms with van der Waals surface area (Å²) in [6.45, 7) is 0.0997. The average molecular weight is 164 g/mol. The van der Waals surface area contributed by atoms with Crippen LogP contribution in [0.2, 0.25) is 0 Å². The maximum atomic E-state index is 8.58. The lowest BCUT2D eigenvalue weighted by Crippen LogP contribution is -1.90. The minimum atomic E-state index is 0.0997. The van der Waals surface area contributed by atoms with Crippen LogP contribution in [0.5, 0.6) is 0 Å². The highest BCUT2D eigenvalue weighted by molar-refractivity contribution is 5.28. The first-order valence-electron chi connectivity index (χ1n) is 3.47. The Morgan fingerprint density at radius 2 is 2.42 bits per heavy atom. The Kier molecular flexibility index (Phi) is 3.07. The summed E-state index contributed by atoms with van der Waals surface area (Å²) in [7, 11) is 0. The fraction of sp³-hybridized carbons (Fsp3) is 0.286. The molecule has 1 aromatic heterocycles. The zero-order chi connectivity index (χ0) is 8.81. The Labute approximate surface area is 69.3 Å². The van der Waals surface area contributed by atoms with E-state index in [0.717, 1.165) is 5.56 Å². The second-order valence-electron chi connectivity index (χ2n) is 2.19. The maximum Gasteiger partial charge on any atom is 0.126 e. The number of pyridine rings is 1. The van der Waals surface area contributed by atoms with Crippen LogP contribution in [-0.4, -0.2) is 16.7 Å². The number of rotatable bonds is 3. The Morgan fingerprint density at radius 1 is 1.58 bits per heavy atom. The topological polar surface area (TPSA) is 81.9 Å². The van der Waals surface area contributed by atoms with Crippen LogP contribution in [0.15, 0.2) is 23.4 Å². The molecule has 12 heavy (non-hydrogen) atoms. The van der Waals surface area contributed by atoms with E-state index in [2.05, 4.69) is 15.0 Å². The molecule has 1 aromatic rings. The number of azide groups is 1. The van der Waals surface area contributed by atoms with Crippen LogP contribution in [0.25, 0.3) is 10.4 Å². The van der Waals surface area contributed by atoms with E-state index < -0.39 is 0 Å². The average Bonchev–Trinajstić information content (AvgIpc) is 2.09. The molecule has 0 aliphatic carbocycles. The standard InChI is InChI=1S/C7H8N4O/c8-11-10-7-2-1-6(3-4-12)5-9-7/h1-2,5,12H,3-4H2. The molecule has 62 valence electrons. The maximum absolute atomic E-state index is 8.58. The summed E-state index contributed by atoms with van der Waals surface area (Å²) in [4.78, 5) is 6.45. The van der Waals surface area contributed by atoms with Gasteiger partial charge in [-0.2, -0.15) is 0 Å². The van der Waals surface area contributed by atoms with Crippen LogP contribution in [-0.2, 0) is 6.42 Å². The van der Waals surface area contributed by atoms with Crippen LogP contribution in [0, 0.1) is 0 Å². The van der Waals surface area contributed by atoms with Gasteiger partial charge in [-0.1, -0.05) is 6.07 Å². The van der Waals surface area contributed by atoms with Crippen molar-refractivity contribution in [2.45, 2.75) is 6.42 Å². The van der Waals surface area contributed by atoms with E-state index in [1.54, 1.807) is 18.3 Å². The first kappa shape index (κ1) is 8.52. The molecule has 1 N–H and O–H groups in total. The van der Waals surface area contributed by atoms with Gasteiger partial charge in [0, 0.05) is 17.7 Å². The molecule has 5 heteroatoms. The molecular weight excluding hydrogens is 156 g/mol. The van der Waals surface area contributed by atoms with E-state index in [4.69, 9.17) is 10.6 Å². The van der Waals surface area contributed by atoms with Crippen molar-refractivity contribution in [2.24, 2.45) is 5.11 Å². The molecule has 0 radical (unpaired) electrons. The zero-order valence-electron chi connectivity index (χ0n) is 6.38. The van der Waals surface area contributed by atoms with Gasteiger partial charge >= 0.3 is 0 Å². The lowest BCUT2D eigenvalue weighted by molar-refractivity contribution is 0.299. The van der Waals surface area contributed by atoms with Crippen molar-refractivity contribution in [3.05, 3.63) is 34.3 Å². The van der Waals surface area contributed by atoms with Crippen molar-refractivity contribution in [2.75, 3.05) is 6.61 Å². The molecule has 0 spiro atoms. The highest BCUT2D eigenvalue weighted by Crippen LogP contribution is 2.08. The Hall–Kier alpha value is -1.58. The van der Waals surface area contributed by atoms with Gasteiger partial charge in [0.2, 0.25) is 0 Å². The predicted molar refractivity (Wildman–Crippen MR) is 43.8 cm³/mol. The number of nitrogens with zero attached hydrogens (tertiary/aromatic N) is 4. The van der Waals surface area contributed by atoms with Crippen molar-refractivity contribution in [3.63, 3.8) is 0 Å². The molecular formula is C7H8N4O.